The van der Waals surface area contributed by atoms with Crippen molar-refractivity contribution in [2.45, 2.75) is 32.5 Å². The van der Waals surface area contributed by atoms with Crippen LogP contribution in [0.1, 0.15) is 30.7 Å². The van der Waals surface area contributed by atoms with Crippen LogP contribution in [0.4, 0.5) is 14.9 Å². The van der Waals surface area contributed by atoms with E-state index in [1.54, 1.807) is 37.4 Å². The van der Waals surface area contributed by atoms with Crippen LogP contribution in [0, 0.1) is 12.7 Å². The number of carbonyl (C=O) groups excluding carboxylic acids is 1. The Labute approximate surface area is 241 Å². The highest BCUT2D eigenvalue weighted by molar-refractivity contribution is 8.15. The molecule has 0 radical (unpaired) electrons. The van der Waals surface area contributed by atoms with Crippen molar-refractivity contribution in [3.63, 3.8) is 0 Å². The molecule has 41 heavy (non-hydrogen) atoms. The molecule has 1 amide bonds. The molecule has 4 rings (SSSR count). The molecule has 1 unspecified atom stereocenters. The number of carbonyl (C=O) groups is 1. The summed E-state index contributed by atoms with van der Waals surface area (Å²) in [5.41, 5.74) is 1.27. The molecule has 2 aromatic carbocycles. The van der Waals surface area contributed by atoms with Gasteiger partial charge in [0, 0.05) is 30.7 Å². The van der Waals surface area contributed by atoms with E-state index in [1.807, 2.05) is 0 Å². The fourth-order valence-electron chi connectivity index (χ4n) is 3.92. The van der Waals surface area contributed by atoms with Gasteiger partial charge in [-0.2, -0.15) is 9.98 Å². The third-order valence-corrected chi connectivity index (χ3v) is 6.61. The largest absolute Gasteiger partial charge is 0.497 e. The van der Waals surface area contributed by atoms with Crippen LogP contribution in [0.5, 0.6) is 11.5 Å². The maximum Gasteiger partial charge on any atom is 0.434 e. The summed E-state index contributed by atoms with van der Waals surface area (Å²) >= 11 is 1.11. The zero-order chi connectivity index (χ0) is 29.2. The Kier molecular flexibility index (Phi) is 10.8. The van der Waals surface area contributed by atoms with Gasteiger partial charge in [0.1, 0.15) is 23.1 Å². The van der Waals surface area contributed by atoms with Crippen LogP contribution in [0.25, 0.3) is 11.4 Å². The van der Waals surface area contributed by atoms with E-state index in [-0.39, 0.29) is 41.6 Å². The second-order valence-corrected chi connectivity index (χ2v) is 9.53. The molecule has 3 aromatic rings. The van der Waals surface area contributed by atoms with Crippen LogP contribution in [0.15, 0.2) is 50.9 Å². The number of rotatable bonds is 10. The molecule has 2 heterocycles. The van der Waals surface area contributed by atoms with Gasteiger partial charge in [0.05, 0.1) is 26.5 Å². The van der Waals surface area contributed by atoms with Crippen molar-refractivity contribution in [3.05, 3.63) is 53.7 Å². The van der Waals surface area contributed by atoms with Crippen LogP contribution < -0.4 is 9.47 Å². The molecule has 218 valence electrons. The summed E-state index contributed by atoms with van der Waals surface area (Å²) in [5, 5.41) is 4.05. The van der Waals surface area contributed by atoms with Crippen molar-refractivity contribution in [1.29, 1.82) is 0 Å². The average Bonchev–Trinajstić information content (AvgIpc) is 3.44. The number of nitrogens with zero attached hydrogens (tertiary/aromatic N) is 4. The monoisotopic (exact) mass is 586 g/mol. The summed E-state index contributed by atoms with van der Waals surface area (Å²) in [6.07, 6.45) is 3.41. The Morgan fingerprint density at radius 3 is 2.61 bits per heavy atom. The van der Waals surface area contributed by atoms with Gasteiger partial charge in [0.25, 0.3) is 0 Å². The molecular formula is C28H31FN4O7S. The van der Waals surface area contributed by atoms with E-state index in [1.165, 1.54) is 26.4 Å². The topological polar surface area (TPSA) is 127 Å². The molecule has 1 atom stereocenters. The number of aliphatic imine (C=N–C) groups is 2. The van der Waals surface area contributed by atoms with Crippen molar-refractivity contribution < 1.29 is 37.4 Å². The SMILES string of the molecule is COC(=O)N=C(SC)/C(=N/c1ccc(-c2noc(C)n2)cc1)c1cc(OC)cc(OCCOC2CCCCO2)c1F. The van der Waals surface area contributed by atoms with E-state index in [9.17, 15) is 4.79 Å². The average molecular weight is 587 g/mol. The van der Waals surface area contributed by atoms with Crippen molar-refractivity contribution in [2.75, 3.05) is 40.3 Å². The van der Waals surface area contributed by atoms with Gasteiger partial charge in [0.15, 0.2) is 17.9 Å². The van der Waals surface area contributed by atoms with Gasteiger partial charge in [-0.3, -0.25) is 0 Å². The van der Waals surface area contributed by atoms with E-state index in [4.69, 9.17) is 28.2 Å². The molecule has 11 nitrogen and oxygen atoms in total. The van der Waals surface area contributed by atoms with Gasteiger partial charge < -0.3 is 28.2 Å². The van der Waals surface area contributed by atoms with Crippen molar-refractivity contribution in [2.24, 2.45) is 9.98 Å². The molecular weight excluding hydrogens is 555 g/mol. The van der Waals surface area contributed by atoms with Gasteiger partial charge in [-0.15, -0.1) is 11.8 Å². The maximum atomic E-state index is 16.0. The zero-order valence-corrected chi connectivity index (χ0v) is 24.0. The van der Waals surface area contributed by atoms with Gasteiger partial charge in [-0.25, -0.2) is 14.2 Å². The number of aromatic nitrogens is 2. The third kappa shape index (κ3) is 8.12. The first-order chi connectivity index (χ1) is 19.9. The van der Waals surface area contributed by atoms with E-state index in [0.717, 1.165) is 31.0 Å². The number of ether oxygens (including phenoxy) is 5. The van der Waals surface area contributed by atoms with Gasteiger partial charge >= 0.3 is 6.09 Å². The van der Waals surface area contributed by atoms with Crippen LogP contribution in [0.3, 0.4) is 0 Å². The second-order valence-electron chi connectivity index (χ2n) is 8.74. The zero-order valence-electron chi connectivity index (χ0n) is 23.2. The highest BCUT2D eigenvalue weighted by atomic mass is 32.2. The fraction of sp³-hybridized carbons (Fsp3) is 0.393. The minimum atomic E-state index is -0.855. The third-order valence-electron chi connectivity index (χ3n) is 5.94. The smallest absolute Gasteiger partial charge is 0.434 e. The summed E-state index contributed by atoms with van der Waals surface area (Å²) < 4.78 is 48.2. The number of thioether (sulfide) groups is 1. The Morgan fingerprint density at radius 1 is 1.17 bits per heavy atom. The number of amides is 1. The van der Waals surface area contributed by atoms with E-state index < -0.39 is 11.9 Å². The van der Waals surface area contributed by atoms with Gasteiger partial charge in [-0.1, -0.05) is 5.16 Å². The van der Waals surface area contributed by atoms with E-state index in [2.05, 4.69) is 20.1 Å². The van der Waals surface area contributed by atoms with E-state index >= 15 is 4.39 Å². The quantitative estimate of drug-likeness (QED) is 0.164. The van der Waals surface area contributed by atoms with Crippen LogP contribution in [0.2, 0.25) is 0 Å². The summed E-state index contributed by atoms with van der Waals surface area (Å²) in [6, 6.07) is 9.82. The lowest BCUT2D eigenvalue weighted by Crippen LogP contribution is -2.24. The van der Waals surface area contributed by atoms with Crippen molar-refractivity contribution >= 4 is 34.3 Å². The predicted molar refractivity (Wildman–Crippen MR) is 152 cm³/mol. The molecule has 1 saturated heterocycles. The summed E-state index contributed by atoms with van der Waals surface area (Å²) in [7, 11) is 2.66. The summed E-state index contributed by atoms with van der Waals surface area (Å²) in [5.74, 6) is 0.413. The second kappa shape index (κ2) is 14.7. The molecule has 1 aliphatic rings. The molecule has 0 aliphatic carbocycles. The standard InChI is InChI=1S/C28H31FN4O7S/c1-17-30-26(33-40-17)18-8-10-19(11-9-18)31-25(27(41-4)32-28(34)36-3)21-15-20(35-2)16-22(24(21)29)37-13-14-39-23-7-5-6-12-38-23/h8-11,15-16,23H,5-7,12-14H2,1-4H3/b31-25+,32-27?. The van der Waals surface area contributed by atoms with Crippen LogP contribution in [-0.2, 0) is 14.2 Å². The molecule has 1 fully saturated rings. The Balaban J connectivity index is 1.67. The Bertz CT molecular complexity index is 1390. The van der Waals surface area contributed by atoms with Crippen molar-refractivity contribution in [1.82, 2.24) is 10.1 Å². The number of halogens is 1. The normalized spacial score (nSPS) is 16.0. The van der Waals surface area contributed by atoms with Crippen LogP contribution >= 0.6 is 11.8 Å². The summed E-state index contributed by atoms with van der Waals surface area (Å²) in [4.78, 5) is 24.9. The first kappa shape index (κ1) is 30.2. The van der Waals surface area contributed by atoms with Gasteiger partial charge in [-0.05, 0) is 55.9 Å². The molecule has 13 heteroatoms. The van der Waals surface area contributed by atoms with Gasteiger partial charge in [0.2, 0.25) is 11.7 Å². The molecule has 0 N–H and O–H groups in total. The highest BCUT2D eigenvalue weighted by Gasteiger charge is 2.23. The minimum Gasteiger partial charge on any atom is -0.497 e. The fourth-order valence-corrected chi connectivity index (χ4v) is 4.43. The number of benzene rings is 2. The number of hydrogen-bond donors (Lipinski definition) is 0. The first-order valence-electron chi connectivity index (χ1n) is 12.9. The summed E-state index contributed by atoms with van der Waals surface area (Å²) in [6.45, 7) is 2.65. The minimum absolute atomic E-state index is 0.0192. The molecule has 1 aromatic heterocycles. The molecule has 0 saturated carbocycles. The Morgan fingerprint density at radius 2 is 1.98 bits per heavy atom. The Hall–Kier alpha value is -3.81. The first-order valence-corrected chi connectivity index (χ1v) is 14.1. The number of methoxy groups -OCH3 is 2. The predicted octanol–water partition coefficient (Wildman–Crippen LogP) is 5.76. The molecule has 1 aliphatic heterocycles. The lowest BCUT2D eigenvalue weighted by molar-refractivity contribution is -0.165. The highest BCUT2D eigenvalue weighted by Crippen LogP contribution is 2.31. The lowest BCUT2D eigenvalue weighted by Gasteiger charge is -2.22. The molecule has 0 spiro atoms. The van der Waals surface area contributed by atoms with Crippen LogP contribution in [-0.4, -0.2) is 73.6 Å². The molecule has 0 bridgehead atoms. The van der Waals surface area contributed by atoms with Crippen molar-refractivity contribution in [3.8, 4) is 22.9 Å². The number of aryl methyl sites for hydroxylation is 1. The number of hydrogen-bond acceptors (Lipinski definition) is 11. The maximum absolute atomic E-state index is 16.0. The lowest BCUT2D eigenvalue weighted by atomic mass is 10.1. The van der Waals surface area contributed by atoms with E-state index in [0.29, 0.717) is 35.3 Å².